The third-order valence-electron chi connectivity index (χ3n) is 2.18. The second-order valence-corrected chi connectivity index (χ2v) is 3.36. The van der Waals surface area contributed by atoms with Gasteiger partial charge in [0.2, 0.25) is 0 Å². The van der Waals surface area contributed by atoms with Crippen LogP contribution in [0.1, 0.15) is 11.3 Å². The minimum atomic E-state index is 0.429. The van der Waals surface area contributed by atoms with Gasteiger partial charge in [-0.25, -0.2) is 4.98 Å². The van der Waals surface area contributed by atoms with Crippen LogP contribution >= 0.6 is 0 Å². The molecule has 0 amide bonds. The predicted molar refractivity (Wildman–Crippen MR) is 62.7 cm³/mol. The molecule has 0 fully saturated rings. The summed E-state index contributed by atoms with van der Waals surface area (Å²) in [5.74, 6) is 0.725. The summed E-state index contributed by atoms with van der Waals surface area (Å²) in [4.78, 5) is 4.13. The van der Waals surface area contributed by atoms with E-state index in [1.807, 2.05) is 48.5 Å². The molecule has 0 atom stereocenters. The van der Waals surface area contributed by atoms with E-state index in [9.17, 15) is 0 Å². The third kappa shape index (κ3) is 2.58. The molecule has 0 aliphatic carbocycles. The topological polar surface area (TPSA) is 48.7 Å². The molecule has 1 heterocycles. The summed E-state index contributed by atoms with van der Waals surface area (Å²) in [7, 11) is 0. The van der Waals surface area contributed by atoms with E-state index in [1.165, 1.54) is 5.56 Å². The molecule has 0 saturated heterocycles. The quantitative estimate of drug-likeness (QED) is 0.845. The molecule has 1 aromatic carbocycles. The van der Waals surface area contributed by atoms with Crippen molar-refractivity contribution in [1.29, 1.82) is 5.26 Å². The Kier molecular flexibility index (Phi) is 3.15. The second-order valence-electron chi connectivity index (χ2n) is 3.36. The first kappa shape index (κ1) is 10.2. The van der Waals surface area contributed by atoms with Crippen LogP contribution in [0.2, 0.25) is 0 Å². The van der Waals surface area contributed by atoms with E-state index >= 15 is 0 Å². The molecule has 0 unspecified atom stereocenters. The van der Waals surface area contributed by atoms with Crippen LogP contribution in [0.3, 0.4) is 0 Å². The van der Waals surface area contributed by atoms with Crippen molar-refractivity contribution in [3.05, 3.63) is 59.8 Å². The number of nitrogens with zero attached hydrogens (tertiary/aromatic N) is 2. The molecule has 16 heavy (non-hydrogen) atoms. The van der Waals surface area contributed by atoms with Crippen molar-refractivity contribution >= 4 is 5.82 Å². The van der Waals surface area contributed by atoms with E-state index in [0.717, 1.165) is 5.82 Å². The number of benzene rings is 1. The molecule has 1 N–H and O–H groups in total. The maximum atomic E-state index is 8.71. The number of nitrogens with one attached hydrogen (secondary N) is 1. The Hall–Kier alpha value is -2.34. The van der Waals surface area contributed by atoms with Gasteiger partial charge in [-0.15, -0.1) is 0 Å². The zero-order valence-electron chi connectivity index (χ0n) is 8.72. The van der Waals surface area contributed by atoms with Crippen molar-refractivity contribution in [2.24, 2.45) is 0 Å². The summed E-state index contributed by atoms with van der Waals surface area (Å²) in [5, 5.41) is 11.9. The highest BCUT2D eigenvalue weighted by Crippen LogP contribution is 2.06. The first-order valence-electron chi connectivity index (χ1n) is 5.03. The highest BCUT2D eigenvalue weighted by Gasteiger charge is 1.96. The van der Waals surface area contributed by atoms with E-state index < -0.39 is 0 Å². The van der Waals surface area contributed by atoms with Crippen molar-refractivity contribution in [3.63, 3.8) is 0 Å². The molecule has 3 nitrogen and oxygen atoms in total. The van der Waals surface area contributed by atoms with Gasteiger partial charge in [0.15, 0.2) is 0 Å². The Morgan fingerprint density at radius 3 is 2.62 bits per heavy atom. The van der Waals surface area contributed by atoms with Crippen LogP contribution in [0, 0.1) is 11.3 Å². The SMILES string of the molecule is N#Cc1cccc(NCc2ccccc2)n1. The van der Waals surface area contributed by atoms with Gasteiger partial charge in [0.1, 0.15) is 17.6 Å². The molecule has 0 aliphatic heterocycles. The molecule has 2 aromatic rings. The molecule has 0 spiro atoms. The molecule has 3 heteroatoms. The fourth-order valence-corrected chi connectivity index (χ4v) is 1.38. The molecule has 0 radical (unpaired) electrons. The van der Waals surface area contributed by atoms with Gasteiger partial charge in [0, 0.05) is 6.54 Å². The lowest BCUT2D eigenvalue weighted by molar-refractivity contribution is 1.10. The highest BCUT2D eigenvalue weighted by atomic mass is 15.0. The summed E-state index contributed by atoms with van der Waals surface area (Å²) in [6.07, 6.45) is 0. The van der Waals surface area contributed by atoms with E-state index in [0.29, 0.717) is 12.2 Å². The average Bonchev–Trinajstić information content (AvgIpc) is 2.38. The van der Waals surface area contributed by atoms with Crippen LogP contribution in [0.15, 0.2) is 48.5 Å². The lowest BCUT2D eigenvalue weighted by atomic mass is 10.2. The lowest BCUT2D eigenvalue weighted by Crippen LogP contribution is -2.01. The van der Waals surface area contributed by atoms with Crippen LogP contribution in [-0.4, -0.2) is 4.98 Å². The van der Waals surface area contributed by atoms with Gasteiger partial charge in [0.25, 0.3) is 0 Å². The molecule has 0 bridgehead atoms. The van der Waals surface area contributed by atoms with E-state index in [2.05, 4.69) is 10.3 Å². The Balaban J connectivity index is 2.03. The average molecular weight is 209 g/mol. The van der Waals surface area contributed by atoms with Crippen LogP contribution < -0.4 is 5.32 Å². The molecule has 2 rings (SSSR count). The fraction of sp³-hybridized carbons (Fsp3) is 0.0769. The molecular weight excluding hydrogens is 198 g/mol. The van der Waals surface area contributed by atoms with Crippen LogP contribution in [0.25, 0.3) is 0 Å². The number of pyridine rings is 1. The largest absolute Gasteiger partial charge is 0.366 e. The van der Waals surface area contributed by atoms with Gasteiger partial charge in [0.05, 0.1) is 0 Å². The first-order chi connectivity index (χ1) is 7.88. The van der Waals surface area contributed by atoms with E-state index in [4.69, 9.17) is 5.26 Å². The van der Waals surface area contributed by atoms with Gasteiger partial charge >= 0.3 is 0 Å². The third-order valence-corrected chi connectivity index (χ3v) is 2.18. The zero-order valence-corrected chi connectivity index (χ0v) is 8.72. The summed E-state index contributed by atoms with van der Waals surface area (Å²) in [5.41, 5.74) is 1.62. The molecule has 0 saturated carbocycles. The van der Waals surface area contributed by atoms with Crippen LogP contribution in [0.5, 0.6) is 0 Å². The summed E-state index contributed by atoms with van der Waals surface area (Å²) < 4.78 is 0. The van der Waals surface area contributed by atoms with Gasteiger partial charge in [-0.3, -0.25) is 0 Å². The minimum absolute atomic E-state index is 0.429. The van der Waals surface area contributed by atoms with Crippen molar-refractivity contribution < 1.29 is 0 Å². The van der Waals surface area contributed by atoms with E-state index in [-0.39, 0.29) is 0 Å². The number of aromatic nitrogens is 1. The first-order valence-corrected chi connectivity index (χ1v) is 5.03. The fourth-order valence-electron chi connectivity index (χ4n) is 1.38. The van der Waals surface area contributed by atoms with Crippen molar-refractivity contribution in [2.45, 2.75) is 6.54 Å². The molecule has 1 aromatic heterocycles. The normalized spacial score (nSPS) is 9.44. The minimum Gasteiger partial charge on any atom is -0.366 e. The monoisotopic (exact) mass is 209 g/mol. The molecule has 0 aliphatic rings. The Morgan fingerprint density at radius 2 is 1.88 bits per heavy atom. The second kappa shape index (κ2) is 4.94. The summed E-state index contributed by atoms with van der Waals surface area (Å²) in [6.45, 7) is 0.711. The maximum absolute atomic E-state index is 8.71. The summed E-state index contributed by atoms with van der Waals surface area (Å²) >= 11 is 0. The smallest absolute Gasteiger partial charge is 0.142 e. The summed E-state index contributed by atoms with van der Waals surface area (Å²) in [6, 6.07) is 17.4. The van der Waals surface area contributed by atoms with Gasteiger partial charge in [-0.2, -0.15) is 5.26 Å². The standard InChI is InChI=1S/C13H11N3/c14-9-12-7-4-8-13(16-12)15-10-11-5-2-1-3-6-11/h1-8H,10H2,(H,15,16). The highest BCUT2D eigenvalue weighted by molar-refractivity contribution is 5.39. The lowest BCUT2D eigenvalue weighted by Gasteiger charge is -2.05. The Morgan fingerprint density at radius 1 is 1.06 bits per heavy atom. The Labute approximate surface area is 94.4 Å². The van der Waals surface area contributed by atoms with Gasteiger partial charge in [-0.05, 0) is 17.7 Å². The number of nitriles is 1. The predicted octanol–water partition coefficient (Wildman–Crippen LogP) is 2.57. The molecular formula is C13H11N3. The maximum Gasteiger partial charge on any atom is 0.142 e. The van der Waals surface area contributed by atoms with E-state index in [1.54, 1.807) is 6.07 Å². The van der Waals surface area contributed by atoms with Crippen molar-refractivity contribution in [2.75, 3.05) is 5.32 Å². The Bertz CT molecular complexity index is 500. The molecule has 78 valence electrons. The van der Waals surface area contributed by atoms with Gasteiger partial charge in [-0.1, -0.05) is 36.4 Å². The zero-order chi connectivity index (χ0) is 11.2. The number of hydrogen-bond acceptors (Lipinski definition) is 3. The number of rotatable bonds is 3. The number of anilines is 1. The van der Waals surface area contributed by atoms with Crippen LogP contribution in [0.4, 0.5) is 5.82 Å². The van der Waals surface area contributed by atoms with Crippen molar-refractivity contribution in [1.82, 2.24) is 4.98 Å². The van der Waals surface area contributed by atoms with Crippen molar-refractivity contribution in [3.8, 4) is 6.07 Å². The number of hydrogen-bond donors (Lipinski definition) is 1. The van der Waals surface area contributed by atoms with Gasteiger partial charge < -0.3 is 5.32 Å². The van der Waals surface area contributed by atoms with Crippen LogP contribution in [-0.2, 0) is 6.54 Å².